The number of amides is 2. The summed E-state index contributed by atoms with van der Waals surface area (Å²) in [5.74, 6) is -2.70. The molecule has 184 valence electrons. The Morgan fingerprint density at radius 1 is 1.03 bits per heavy atom. The van der Waals surface area contributed by atoms with Gasteiger partial charge in [0.05, 0.1) is 18.1 Å². The summed E-state index contributed by atoms with van der Waals surface area (Å²) in [4.78, 5) is 61.0. The van der Waals surface area contributed by atoms with Crippen LogP contribution in [0.4, 0.5) is 0 Å². The molecule has 0 heterocycles. The molecule has 0 saturated heterocycles. The van der Waals surface area contributed by atoms with Gasteiger partial charge in [0.2, 0.25) is 11.8 Å². The number of ketones is 1. The lowest BCUT2D eigenvalue weighted by atomic mass is 9.92. The van der Waals surface area contributed by atoms with Crippen LogP contribution in [-0.4, -0.2) is 71.8 Å². The molecule has 0 aromatic rings. The van der Waals surface area contributed by atoms with Crippen LogP contribution in [0.3, 0.4) is 0 Å². The van der Waals surface area contributed by atoms with Gasteiger partial charge in [-0.05, 0) is 20.3 Å². The first-order chi connectivity index (χ1) is 14.7. The summed E-state index contributed by atoms with van der Waals surface area (Å²) in [6, 6.07) is -0.958. The van der Waals surface area contributed by atoms with Crippen molar-refractivity contribution >= 4 is 29.5 Å². The second-order valence-electron chi connectivity index (χ2n) is 9.14. The maximum atomic E-state index is 12.6. The smallest absolute Gasteiger partial charge is 0.313 e. The number of hydrogen-bond donors (Lipinski definition) is 3. The van der Waals surface area contributed by atoms with Crippen molar-refractivity contribution in [2.24, 2.45) is 23.0 Å². The number of hydrogen-bond acceptors (Lipinski definition) is 7. The van der Waals surface area contributed by atoms with Gasteiger partial charge >= 0.3 is 11.9 Å². The Morgan fingerprint density at radius 3 is 2.12 bits per heavy atom. The van der Waals surface area contributed by atoms with E-state index in [1.54, 1.807) is 41.5 Å². The SMILES string of the molecule is CC(C)C(=O)CCOC(=O)C(C)(C)CN(CCNC(=O)[C@@H](N)CCC(=O)O)C(=O)C(C)C. The van der Waals surface area contributed by atoms with E-state index in [-0.39, 0.29) is 69.0 Å². The van der Waals surface area contributed by atoms with Crippen LogP contribution in [-0.2, 0) is 28.7 Å². The molecule has 0 fully saturated rings. The van der Waals surface area contributed by atoms with Gasteiger partial charge < -0.3 is 25.8 Å². The summed E-state index contributed by atoms with van der Waals surface area (Å²) >= 11 is 0. The van der Waals surface area contributed by atoms with E-state index in [9.17, 15) is 24.0 Å². The topological polar surface area (TPSA) is 156 Å². The quantitative estimate of drug-likeness (QED) is 0.307. The van der Waals surface area contributed by atoms with E-state index >= 15 is 0 Å². The molecule has 0 aromatic heterocycles. The fraction of sp³-hybridized carbons (Fsp3) is 0.773. The molecule has 0 radical (unpaired) electrons. The van der Waals surface area contributed by atoms with Gasteiger partial charge in [0.15, 0.2) is 0 Å². The van der Waals surface area contributed by atoms with Crippen molar-refractivity contribution < 1.29 is 33.8 Å². The third-order valence-corrected chi connectivity index (χ3v) is 4.86. The predicted molar refractivity (Wildman–Crippen MR) is 118 cm³/mol. The van der Waals surface area contributed by atoms with Crippen molar-refractivity contribution in [2.45, 2.75) is 66.8 Å². The molecule has 0 aliphatic heterocycles. The van der Waals surface area contributed by atoms with E-state index in [0.717, 1.165) is 0 Å². The standard InChI is InChI=1S/C22H39N3O7/c1-14(2)17(26)9-12-32-21(31)22(5,6)13-25(20(30)15(3)4)11-10-24-19(29)16(23)7-8-18(27)28/h14-16H,7-13,23H2,1-6H3,(H,24,29)(H,27,28)/t16-/m0/s1. The molecular formula is C22H39N3O7. The Bertz CT molecular complexity index is 674. The van der Waals surface area contributed by atoms with Gasteiger partial charge in [-0.1, -0.05) is 27.7 Å². The number of carbonyl (C=O) groups excluding carboxylic acids is 4. The molecule has 32 heavy (non-hydrogen) atoms. The molecule has 1 atom stereocenters. The Balaban J connectivity index is 4.89. The first-order valence-corrected chi connectivity index (χ1v) is 10.9. The Kier molecular flexibility index (Phi) is 12.7. The highest BCUT2D eigenvalue weighted by Gasteiger charge is 2.34. The van der Waals surface area contributed by atoms with Crippen LogP contribution in [0, 0.1) is 17.3 Å². The highest BCUT2D eigenvalue weighted by Crippen LogP contribution is 2.21. The van der Waals surface area contributed by atoms with Gasteiger partial charge in [0.25, 0.3) is 0 Å². The highest BCUT2D eigenvalue weighted by molar-refractivity contribution is 5.83. The molecule has 10 nitrogen and oxygen atoms in total. The normalized spacial score (nSPS) is 12.4. The molecule has 0 aliphatic rings. The summed E-state index contributed by atoms with van der Waals surface area (Å²) in [5.41, 5.74) is 4.66. The average molecular weight is 458 g/mol. The van der Waals surface area contributed by atoms with Gasteiger partial charge in [0.1, 0.15) is 5.78 Å². The van der Waals surface area contributed by atoms with Gasteiger partial charge in [-0.2, -0.15) is 0 Å². The van der Waals surface area contributed by atoms with Crippen LogP contribution in [0.5, 0.6) is 0 Å². The van der Waals surface area contributed by atoms with E-state index in [4.69, 9.17) is 15.6 Å². The molecule has 0 spiro atoms. The van der Waals surface area contributed by atoms with E-state index in [1.807, 2.05) is 0 Å². The summed E-state index contributed by atoms with van der Waals surface area (Å²) in [7, 11) is 0. The zero-order chi connectivity index (χ0) is 25.1. The predicted octanol–water partition coefficient (Wildman–Crippen LogP) is 0.964. The van der Waals surface area contributed by atoms with Gasteiger partial charge in [-0.15, -0.1) is 0 Å². The van der Waals surface area contributed by atoms with Crippen molar-refractivity contribution in [1.82, 2.24) is 10.2 Å². The number of nitrogens with zero attached hydrogens (tertiary/aromatic N) is 1. The Hall–Kier alpha value is -2.49. The first-order valence-electron chi connectivity index (χ1n) is 10.9. The average Bonchev–Trinajstić information content (AvgIpc) is 2.69. The zero-order valence-electron chi connectivity index (χ0n) is 20.1. The number of carbonyl (C=O) groups is 5. The fourth-order valence-electron chi connectivity index (χ4n) is 2.76. The van der Waals surface area contributed by atoms with Crippen LogP contribution in [0.2, 0.25) is 0 Å². The monoisotopic (exact) mass is 457 g/mol. The summed E-state index contributed by atoms with van der Waals surface area (Å²) in [6.45, 7) is 10.6. The molecule has 10 heteroatoms. The first kappa shape index (κ1) is 29.5. The van der Waals surface area contributed by atoms with E-state index in [0.29, 0.717) is 0 Å². The van der Waals surface area contributed by atoms with Crippen LogP contribution < -0.4 is 11.1 Å². The number of rotatable bonds is 15. The molecule has 0 unspecified atom stereocenters. The number of esters is 1. The molecule has 2 amide bonds. The van der Waals surface area contributed by atoms with Crippen LogP contribution in [0.1, 0.15) is 60.8 Å². The van der Waals surface area contributed by atoms with Crippen LogP contribution in [0.15, 0.2) is 0 Å². The minimum Gasteiger partial charge on any atom is -0.481 e. The lowest BCUT2D eigenvalue weighted by Crippen LogP contribution is -2.49. The number of carboxylic acids is 1. The molecular weight excluding hydrogens is 418 g/mol. The van der Waals surface area contributed by atoms with Crippen LogP contribution >= 0.6 is 0 Å². The van der Waals surface area contributed by atoms with Gasteiger partial charge in [0, 0.05) is 44.3 Å². The van der Waals surface area contributed by atoms with E-state index in [2.05, 4.69) is 5.32 Å². The van der Waals surface area contributed by atoms with Crippen LogP contribution in [0.25, 0.3) is 0 Å². The maximum absolute atomic E-state index is 12.6. The number of Topliss-reactive ketones (excluding diaryl/α,β-unsaturated/α-hetero) is 1. The third-order valence-electron chi connectivity index (χ3n) is 4.86. The summed E-state index contributed by atoms with van der Waals surface area (Å²) < 4.78 is 5.26. The molecule has 4 N–H and O–H groups in total. The zero-order valence-corrected chi connectivity index (χ0v) is 20.1. The fourth-order valence-corrected chi connectivity index (χ4v) is 2.76. The second kappa shape index (κ2) is 13.8. The lowest BCUT2D eigenvalue weighted by molar-refractivity contribution is -0.157. The van der Waals surface area contributed by atoms with Gasteiger partial charge in [-0.3, -0.25) is 24.0 Å². The van der Waals surface area contributed by atoms with E-state index in [1.165, 1.54) is 4.90 Å². The summed E-state index contributed by atoms with van der Waals surface area (Å²) in [5, 5.41) is 11.3. The largest absolute Gasteiger partial charge is 0.481 e. The lowest BCUT2D eigenvalue weighted by Gasteiger charge is -2.32. The van der Waals surface area contributed by atoms with Crippen molar-refractivity contribution in [3.8, 4) is 0 Å². The number of nitrogens with two attached hydrogens (primary N) is 1. The van der Waals surface area contributed by atoms with Crippen molar-refractivity contribution in [3.05, 3.63) is 0 Å². The maximum Gasteiger partial charge on any atom is 0.313 e. The molecule has 0 saturated carbocycles. The molecule has 0 aromatic carbocycles. The van der Waals surface area contributed by atoms with Gasteiger partial charge in [-0.25, -0.2) is 0 Å². The van der Waals surface area contributed by atoms with Crippen molar-refractivity contribution in [1.29, 1.82) is 0 Å². The molecule has 0 rings (SSSR count). The number of ether oxygens (including phenoxy) is 1. The van der Waals surface area contributed by atoms with Crippen molar-refractivity contribution in [3.63, 3.8) is 0 Å². The Morgan fingerprint density at radius 2 is 1.62 bits per heavy atom. The molecule has 0 bridgehead atoms. The number of aliphatic carboxylic acids is 1. The third kappa shape index (κ3) is 11.2. The second-order valence-corrected chi connectivity index (χ2v) is 9.14. The minimum atomic E-state index is -1.04. The van der Waals surface area contributed by atoms with E-state index < -0.39 is 29.3 Å². The highest BCUT2D eigenvalue weighted by atomic mass is 16.5. The number of carboxylic acid groups (broad SMARTS) is 1. The summed E-state index contributed by atoms with van der Waals surface area (Å²) in [6.07, 6.45) is -0.0676. The van der Waals surface area contributed by atoms with Crippen molar-refractivity contribution in [2.75, 3.05) is 26.2 Å². The minimum absolute atomic E-state index is 0.00419. The molecule has 0 aliphatic carbocycles. The number of nitrogens with one attached hydrogen (secondary N) is 1. The Labute approximate surface area is 190 Å².